The van der Waals surface area contributed by atoms with Crippen LogP contribution in [0.4, 0.5) is 5.69 Å². The third-order valence-electron chi connectivity index (χ3n) is 2.72. The van der Waals surface area contributed by atoms with E-state index in [0.717, 1.165) is 9.90 Å². The van der Waals surface area contributed by atoms with E-state index in [1.165, 1.54) is 33.7 Å². The molecule has 108 valence electrons. The second-order valence-corrected chi connectivity index (χ2v) is 6.87. The van der Waals surface area contributed by atoms with E-state index < -0.39 is 0 Å². The molecule has 0 aliphatic heterocycles. The molecule has 0 amide bonds. The Morgan fingerprint density at radius 1 is 1.43 bits per heavy atom. The van der Waals surface area contributed by atoms with Crippen LogP contribution in [0.25, 0.3) is 4.96 Å². The van der Waals surface area contributed by atoms with Crippen LogP contribution in [-0.2, 0) is 5.75 Å². The number of rotatable bonds is 3. The highest BCUT2D eigenvalue weighted by molar-refractivity contribution is 7.98. The summed E-state index contributed by atoms with van der Waals surface area (Å²) in [5.41, 5.74) is 6.96. The molecule has 0 saturated heterocycles. The smallest absolute Gasteiger partial charge is 0.275 e. The number of fused-ring (bicyclic) bond motifs is 1. The van der Waals surface area contributed by atoms with Crippen LogP contribution in [0.3, 0.4) is 0 Å². The molecular weight excluding hydrogens is 328 g/mol. The summed E-state index contributed by atoms with van der Waals surface area (Å²) in [5, 5.41) is 5.75. The molecular formula is C13H11ClN4OS2. The molecule has 3 aromatic rings. The number of hydrogen-bond donors (Lipinski definition) is 1. The molecule has 0 unspecified atom stereocenters. The summed E-state index contributed by atoms with van der Waals surface area (Å²) in [7, 11) is 0. The standard InChI is InChI=1S/C13H11ClN4OS2/c1-7-4-12(19)18-13(16-7)21-11(17-18)6-20-10-5-8(15)2-3-9(10)14/h2-5H,6,15H2,1H3. The van der Waals surface area contributed by atoms with Crippen molar-refractivity contribution in [2.45, 2.75) is 17.6 Å². The Morgan fingerprint density at radius 3 is 3.05 bits per heavy atom. The van der Waals surface area contributed by atoms with Crippen molar-refractivity contribution < 1.29 is 0 Å². The minimum absolute atomic E-state index is 0.160. The third kappa shape index (κ3) is 3.04. The molecule has 0 aliphatic rings. The molecule has 0 radical (unpaired) electrons. The molecule has 2 N–H and O–H groups in total. The highest BCUT2D eigenvalue weighted by Crippen LogP contribution is 2.32. The number of halogens is 1. The highest BCUT2D eigenvalue weighted by Gasteiger charge is 2.09. The fourth-order valence-electron chi connectivity index (χ4n) is 1.79. The van der Waals surface area contributed by atoms with Crippen LogP contribution in [-0.4, -0.2) is 14.6 Å². The Balaban J connectivity index is 1.87. The molecule has 5 nitrogen and oxygen atoms in total. The lowest BCUT2D eigenvalue weighted by molar-refractivity contribution is 0.870. The first-order valence-electron chi connectivity index (χ1n) is 6.07. The predicted octanol–water partition coefficient (Wildman–Crippen LogP) is 2.99. The molecule has 0 bridgehead atoms. The molecule has 2 aromatic heterocycles. The number of nitrogens with two attached hydrogens (primary N) is 1. The highest BCUT2D eigenvalue weighted by atomic mass is 35.5. The molecule has 21 heavy (non-hydrogen) atoms. The topological polar surface area (TPSA) is 73.3 Å². The Morgan fingerprint density at radius 2 is 2.24 bits per heavy atom. The van der Waals surface area contributed by atoms with E-state index >= 15 is 0 Å². The second-order valence-electron chi connectivity index (χ2n) is 4.40. The van der Waals surface area contributed by atoms with Crippen LogP contribution >= 0.6 is 34.7 Å². The lowest BCUT2D eigenvalue weighted by Gasteiger charge is -2.03. The summed E-state index contributed by atoms with van der Waals surface area (Å²) in [6.45, 7) is 1.79. The van der Waals surface area contributed by atoms with E-state index in [9.17, 15) is 4.79 Å². The van der Waals surface area contributed by atoms with Crippen molar-refractivity contribution in [1.29, 1.82) is 0 Å². The third-order valence-corrected chi connectivity index (χ3v) is 5.32. The maximum absolute atomic E-state index is 11.8. The van der Waals surface area contributed by atoms with Crippen LogP contribution < -0.4 is 11.3 Å². The van der Waals surface area contributed by atoms with Gasteiger partial charge in [0.25, 0.3) is 5.56 Å². The van der Waals surface area contributed by atoms with Gasteiger partial charge in [-0.3, -0.25) is 4.79 Å². The minimum Gasteiger partial charge on any atom is -0.399 e. The summed E-state index contributed by atoms with van der Waals surface area (Å²) in [6, 6.07) is 6.83. The van der Waals surface area contributed by atoms with E-state index in [1.54, 1.807) is 19.1 Å². The number of nitrogens with zero attached hydrogens (tertiary/aromatic N) is 3. The number of aryl methyl sites for hydroxylation is 1. The first-order chi connectivity index (χ1) is 10.0. The molecule has 1 aromatic carbocycles. The van der Waals surface area contributed by atoms with Crippen LogP contribution in [0.5, 0.6) is 0 Å². The van der Waals surface area contributed by atoms with Gasteiger partial charge >= 0.3 is 0 Å². The Kier molecular flexibility index (Phi) is 3.88. The molecule has 0 atom stereocenters. The quantitative estimate of drug-likeness (QED) is 0.587. The van der Waals surface area contributed by atoms with E-state index in [4.69, 9.17) is 17.3 Å². The van der Waals surface area contributed by atoms with Gasteiger partial charge in [0.2, 0.25) is 4.96 Å². The van der Waals surface area contributed by atoms with Crippen molar-refractivity contribution >= 4 is 45.3 Å². The number of nitrogen functional groups attached to an aromatic ring is 1. The number of thioether (sulfide) groups is 1. The summed E-state index contributed by atoms with van der Waals surface area (Å²) < 4.78 is 1.33. The number of benzene rings is 1. The second kappa shape index (κ2) is 5.67. The van der Waals surface area contributed by atoms with Crippen molar-refractivity contribution in [2.24, 2.45) is 0 Å². The molecule has 8 heteroatoms. The van der Waals surface area contributed by atoms with Gasteiger partial charge in [0.05, 0.1) is 10.8 Å². The SMILES string of the molecule is Cc1cc(=O)n2nc(CSc3cc(N)ccc3Cl)sc2n1. The van der Waals surface area contributed by atoms with Gasteiger partial charge in [-0.1, -0.05) is 22.9 Å². The zero-order valence-electron chi connectivity index (χ0n) is 11.0. The summed E-state index contributed by atoms with van der Waals surface area (Å²) in [4.78, 5) is 17.6. The van der Waals surface area contributed by atoms with Crippen LogP contribution in [0.1, 0.15) is 10.7 Å². The molecule has 0 spiro atoms. The number of hydrogen-bond acceptors (Lipinski definition) is 6. The zero-order valence-corrected chi connectivity index (χ0v) is 13.4. The number of anilines is 1. The lowest BCUT2D eigenvalue weighted by atomic mass is 10.3. The van der Waals surface area contributed by atoms with Gasteiger partial charge in [0.15, 0.2) is 0 Å². The van der Waals surface area contributed by atoms with E-state index in [1.807, 2.05) is 6.07 Å². The maximum Gasteiger partial charge on any atom is 0.275 e. The van der Waals surface area contributed by atoms with Gasteiger partial charge in [-0.25, -0.2) is 4.98 Å². The van der Waals surface area contributed by atoms with Crippen molar-refractivity contribution in [3.63, 3.8) is 0 Å². The van der Waals surface area contributed by atoms with Crippen LogP contribution in [0.2, 0.25) is 5.02 Å². The van der Waals surface area contributed by atoms with Crippen molar-refractivity contribution in [1.82, 2.24) is 14.6 Å². The zero-order chi connectivity index (χ0) is 15.0. The summed E-state index contributed by atoms with van der Waals surface area (Å²) in [6.07, 6.45) is 0. The lowest BCUT2D eigenvalue weighted by Crippen LogP contribution is -2.14. The van der Waals surface area contributed by atoms with E-state index in [2.05, 4.69) is 10.1 Å². The molecule has 2 heterocycles. The van der Waals surface area contributed by atoms with Gasteiger partial charge in [-0.05, 0) is 25.1 Å². The monoisotopic (exact) mass is 338 g/mol. The van der Waals surface area contributed by atoms with Gasteiger partial charge in [-0.15, -0.1) is 11.8 Å². The molecule has 0 saturated carbocycles. The van der Waals surface area contributed by atoms with Crippen LogP contribution in [0, 0.1) is 6.92 Å². The fourth-order valence-corrected chi connectivity index (χ4v) is 3.98. The van der Waals surface area contributed by atoms with Crippen molar-refractivity contribution in [3.05, 3.63) is 50.3 Å². The Labute approximate surface area is 133 Å². The van der Waals surface area contributed by atoms with Gasteiger partial charge < -0.3 is 5.73 Å². The summed E-state index contributed by atoms with van der Waals surface area (Å²) in [5.74, 6) is 0.607. The summed E-state index contributed by atoms with van der Waals surface area (Å²) >= 11 is 9.06. The molecule has 0 fully saturated rings. The largest absolute Gasteiger partial charge is 0.399 e. The maximum atomic E-state index is 11.8. The van der Waals surface area contributed by atoms with Crippen molar-refractivity contribution in [2.75, 3.05) is 5.73 Å². The Hall–Kier alpha value is -1.57. The van der Waals surface area contributed by atoms with E-state index in [-0.39, 0.29) is 5.56 Å². The predicted molar refractivity (Wildman–Crippen MR) is 87.3 cm³/mol. The minimum atomic E-state index is -0.160. The average Bonchev–Trinajstić information content (AvgIpc) is 2.83. The van der Waals surface area contributed by atoms with Crippen LogP contribution in [0.15, 0.2) is 34.0 Å². The molecule has 3 rings (SSSR count). The van der Waals surface area contributed by atoms with E-state index in [0.29, 0.717) is 27.1 Å². The first kappa shape index (κ1) is 14.4. The first-order valence-corrected chi connectivity index (χ1v) is 8.25. The van der Waals surface area contributed by atoms with Gasteiger partial charge in [0, 0.05) is 22.3 Å². The van der Waals surface area contributed by atoms with Gasteiger partial charge in [-0.2, -0.15) is 9.61 Å². The van der Waals surface area contributed by atoms with Crippen molar-refractivity contribution in [3.8, 4) is 0 Å². The fraction of sp³-hybridized carbons (Fsp3) is 0.154. The average molecular weight is 339 g/mol. The number of aromatic nitrogens is 3. The molecule has 0 aliphatic carbocycles. The normalized spacial score (nSPS) is 11.1. The Bertz CT molecular complexity index is 874. The van der Waals surface area contributed by atoms with Gasteiger partial charge in [0.1, 0.15) is 5.01 Å².